The Balaban J connectivity index is 1.94. The lowest BCUT2D eigenvalue weighted by Crippen LogP contribution is -2.53. The van der Waals surface area contributed by atoms with Crippen LogP contribution < -0.4 is 10.6 Å². The van der Waals surface area contributed by atoms with Gasteiger partial charge < -0.3 is 10.6 Å². The van der Waals surface area contributed by atoms with Crippen LogP contribution in [0, 0.1) is 5.82 Å². The molecule has 1 fully saturated rings. The van der Waals surface area contributed by atoms with Crippen molar-refractivity contribution in [2.75, 3.05) is 31.1 Å². The van der Waals surface area contributed by atoms with Gasteiger partial charge in [0.25, 0.3) is 0 Å². The maximum absolute atomic E-state index is 12.8. The Kier molecular flexibility index (Phi) is 3.81. The quantitative estimate of drug-likeness (QED) is 0.865. The topological polar surface area (TPSA) is 49.6 Å². The molecule has 1 aromatic carbocycles. The van der Waals surface area contributed by atoms with Crippen LogP contribution in [-0.2, 0) is 4.79 Å². The van der Waals surface area contributed by atoms with Crippen molar-refractivity contribution in [3.63, 3.8) is 0 Å². The summed E-state index contributed by atoms with van der Waals surface area (Å²) in [6.45, 7) is 5.06. The minimum atomic E-state index is -0.287. The van der Waals surface area contributed by atoms with Gasteiger partial charge in [-0.25, -0.2) is 4.39 Å². The van der Waals surface area contributed by atoms with E-state index in [-0.39, 0.29) is 17.8 Å². The minimum absolute atomic E-state index is 0.222. The molecule has 1 aliphatic heterocycles. The summed E-state index contributed by atoms with van der Waals surface area (Å²) < 4.78 is 12.8. The van der Waals surface area contributed by atoms with Crippen molar-refractivity contribution in [1.29, 1.82) is 0 Å². The first kappa shape index (κ1) is 12.8. The zero-order valence-electron chi connectivity index (χ0n) is 10.5. The molecule has 0 spiro atoms. The summed E-state index contributed by atoms with van der Waals surface area (Å²) in [5, 5.41) is 0. The van der Waals surface area contributed by atoms with E-state index in [1.165, 1.54) is 12.1 Å². The number of anilines is 1. The van der Waals surface area contributed by atoms with Crippen LogP contribution in [0.25, 0.3) is 0 Å². The van der Waals surface area contributed by atoms with E-state index in [0.29, 0.717) is 0 Å². The molecule has 4 nitrogen and oxygen atoms in total. The van der Waals surface area contributed by atoms with Crippen LogP contribution in [-0.4, -0.2) is 43.0 Å². The first-order valence-electron chi connectivity index (χ1n) is 6.12. The van der Waals surface area contributed by atoms with Gasteiger partial charge >= 0.3 is 0 Å². The van der Waals surface area contributed by atoms with E-state index in [1.54, 1.807) is 12.1 Å². The predicted octanol–water partition coefficient (Wildman–Crippen LogP) is 0.822. The van der Waals surface area contributed by atoms with Gasteiger partial charge in [-0.05, 0) is 31.2 Å². The highest BCUT2D eigenvalue weighted by Crippen LogP contribution is 2.17. The van der Waals surface area contributed by atoms with Crippen LogP contribution in [0.3, 0.4) is 0 Å². The van der Waals surface area contributed by atoms with Crippen LogP contribution >= 0.6 is 0 Å². The number of nitrogens with two attached hydrogens (primary N) is 1. The lowest BCUT2D eigenvalue weighted by molar-refractivity contribution is -0.122. The molecule has 1 atom stereocenters. The normalized spacial score (nSPS) is 18.7. The van der Waals surface area contributed by atoms with Gasteiger partial charge in [0.1, 0.15) is 5.82 Å². The van der Waals surface area contributed by atoms with Crippen LogP contribution in [0.1, 0.15) is 6.92 Å². The largest absolute Gasteiger partial charge is 0.369 e. The summed E-state index contributed by atoms with van der Waals surface area (Å²) in [4.78, 5) is 15.4. The molecule has 18 heavy (non-hydrogen) atoms. The van der Waals surface area contributed by atoms with Crippen molar-refractivity contribution in [3.8, 4) is 0 Å². The molecule has 1 heterocycles. The van der Waals surface area contributed by atoms with Crippen LogP contribution in [0.2, 0.25) is 0 Å². The number of primary amides is 1. The number of halogens is 1. The van der Waals surface area contributed by atoms with E-state index in [4.69, 9.17) is 5.73 Å². The lowest BCUT2D eigenvalue weighted by atomic mass is 10.2. The van der Waals surface area contributed by atoms with Crippen molar-refractivity contribution >= 4 is 11.6 Å². The Morgan fingerprint density at radius 2 is 1.78 bits per heavy atom. The summed E-state index contributed by atoms with van der Waals surface area (Å²) in [5.41, 5.74) is 6.31. The second-order valence-electron chi connectivity index (χ2n) is 4.58. The average Bonchev–Trinajstić information content (AvgIpc) is 2.39. The number of nitrogens with zero attached hydrogens (tertiary/aromatic N) is 2. The lowest BCUT2D eigenvalue weighted by Gasteiger charge is -2.38. The van der Waals surface area contributed by atoms with Gasteiger partial charge in [0.2, 0.25) is 5.91 Å². The molecule has 98 valence electrons. The number of hydrogen-bond donors (Lipinski definition) is 1. The van der Waals surface area contributed by atoms with Crippen molar-refractivity contribution in [3.05, 3.63) is 30.1 Å². The Labute approximate surface area is 106 Å². The van der Waals surface area contributed by atoms with Crippen LogP contribution in [0.5, 0.6) is 0 Å². The van der Waals surface area contributed by atoms with E-state index in [2.05, 4.69) is 9.80 Å². The third-order valence-corrected chi connectivity index (χ3v) is 3.47. The molecule has 0 aromatic heterocycles. The monoisotopic (exact) mass is 251 g/mol. The van der Waals surface area contributed by atoms with Crippen LogP contribution in [0.15, 0.2) is 24.3 Å². The number of amides is 1. The molecule has 2 rings (SSSR count). The second kappa shape index (κ2) is 5.35. The van der Waals surface area contributed by atoms with Gasteiger partial charge in [0, 0.05) is 31.9 Å². The molecular weight excluding hydrogens is 233 g/mol. The molecule has 1 aromatic rings. The first-order valence-corrected chi connectivity index (χ1v) is 6.12. The van der Waals surface area contributed by atoms with Gasteiger partial charge in [-0.2, -0.15) is 0 Å². The zero-order chi connectivity index (χ0) is 13.1. The number of hydrogen-bond acceptors (Lipinski definition) is 3. The summed E-state index contributed by atoms with van der Waals surface area (Å²) in [5.74, 6) is -0.509. The SMILES string of the molecule is C[C@@H](C(N)=O)N1CCN(c2ccc(F)cc2)CC1. The number of piperazine rings is 1. The van der Waals surface area contributed by atoms with E-state index < -0.39 is 0 Å². The number of benzene rings is 1. The highest BCUT2D eigenvalue weighted by atomic mass is 19.1. The van der Waals surface area contributed by atoms with Crippen molar-refractivity contribution in [2.45, 2.75) is 13.0 Å². The van der Waals surface area contributed by atoms with E-state index in [1.807, 2.05) is 6.92 Å². The van der Waals surface area contributed by atoms with Gasteiger partial charge in [-0.15, -0.1) is 0 Å². The summed E-state index contributed by atoms with van der Waals surface area (Å²) in [6.07, 6.45) is 0. The van der Waals surface area contributed by atoms with Crippen molar-refractivity contribution in [2.24, 2.45) is 5.73 Å². The Morgan fingerprint density at radius 3 is 2.28 bits per heavy atom. The molecular formula is C13H18FN3O. The molecule has 0 radical (unpaired) electrons. The number of carbonyl (C=O) groups is 1. The smallest absolute Gasteiger partial charge is 0.234 e. The van der Waals surface area contributed by atoms with Crippen molar-refractivity contribution in [1.82, 2.24) is 4.90 Å². The summed E-state index contributed by atoms with van der Waals surface area (Å²) in [6, 6.07) is 6.27. The second-order valence-corrected chi connectivity index (χ2v) is 4.58. The average molecular weight is 251 g/mol. The third-order valence-electron chi connectivity index (χ3n) is 3.47. The molecule has 1 saturated heterocycles. The molecule has 0 bridgehead atoms. The third kappa shape index (κ3) is 2.79. The van der Waals surface area contributed by atoms with Gasteiger partial charge in [0.15, 0.2) is 0 Å². The fourth-order valence-corrected chi connectivity index (χ4v) is 2.20. The summed E-state index contributed by atoms with van der Waals surface area (Å²) in [7, 11) is 0. The molecule has 0 saturated carbocycles. The Hall–Kier alpha value is -1.62. The fourth-order valence-electron chi connectivity index (χ4n) is 2.20. The zero-order valence-corrected chi connectivity index (χ0v) is 10.5. The van der Waals surface area contributed by atoms with Gasteiger partial charge in [0.05, 0.1) is 6.04 Å². The highest BCUT2D eigenvalue weighted by molar-refractivity contribution is 5.79. The first-order chi connectivity index (χ1) is 8.58. The predicted molar refractivity (Wildman–Crippen MR) is 68.8 cm³/mol. The van der Waals surface area contributed by atoms with E-state index in [0.717, 1.165) is 31.9 Å². The van der Waals surface area contributed by atoms with Gasteiger partial charge in [-0.3, -0.25) is 9.69 Å². The van der Waals surface area contributed by atoms with E-state index in [9.17, 15) is 9.18 Å². The standard InChI is InChI=1S/C13H18FN3O/c1-10(13(15)18)16-6-8-17(9-7-16)12-4-2-11(14)3-5-12/h2-5,10H,6-9H2,1H3,(H2,15,18)/t10-/m0/s1. The van der Waals surface area contributed by atoms with E-state index >= 15 is 0 Å². The molecule has 0 unspecified atom stereocenters. The highest BCUT2D eigenvalue weighted by Gasteiger charge is 2.23. The van der Waals surface area contributed by atoms with Gasteiger partial charge in [-0.1, -0.05) is 0 Å². The Morgan fingerprint density at radius 1 is 1.22 bits per heavy atom. The summed E-state index contributed by atoms with van der Waals surface area (Å²) >= 11 is 0. The number of rotatable bonds is 3. The molecule has 1 aliphatic rings. The fraction of sp³-hybridized carbons (Fsp3) is 0.462. The molecule has 0 aliphatic carbocycles. The minimum Gasteiger partial charge on any atom is -0.369 e. The van der Waals surface area contributed by atoms with Crippen LogP contribution in [0.4, 0.5) is 10.1 Å². The maximum Gasteiger partial charge on any atom is 0.234 e. The Bertz CT molecular complexity index is 413. The number of carbonyl (C=O) groups excluding carboxylic acids is 1. The maximum atomic E-state index is 12.8. The van der Waals surface area contributed by atoms with Crippen molar-refractivity contribution < 1.29 is 9.18 Å². The molecule has 1 amide bonds. The molecule has 2 N–H and O–H groups in total. The molecule has 5 heteroatoms.